The van der Waals surface area contributed by atoms with Crippen LogP contribution in [0.2, 0.25) is 0 Å². The summed E-state index contributed by atoms with van der Waals surface area (Å²) in [6, 6.07) is 21.2. The van der Waals surface area contributed by atoms with Crippen LogP contribution >= 0.6 is 0 Å². The molecule has 1 amide bonds. The summed E-state index contributed by atoms with van der Waals surface area (Å²) >= 11 is 0. The van der Waals surface area contributed by atoms with Crippen LogP contribution in [-0.4, -0.2) is 26.3 Å². The van der Waals surface area contributed by atoms with Crippen LogP contribution in [0.3, 0.4) is 0 Å². The van der Waals surface area contributed by atoms with Crippen LogP contribution in [0.1, 0.15) is 17.1 Å². The minimum Gasteiger partial charge on any atom is -0.460 e. The highest BCUT2D eigenvalue weighted by molar-refractivity contribution is 7.89. The van der Waals surface area contributed by atoms with Crippen molar-refractivity contribution >= 4 is 22.0 Å². The maximum atomic E-state index is 12.2. The summed E-state index contributed by atoms with van der Waals surface area (Å²) in [5, 5.41) is 0. The van der Waals surface area contributed by atoms with Gasteiger partial charge in [-0.1, -0.05) is 48.5 Å². The Balaban J connectivity index is 1.55. The molecule has 0 atom stereocenters. The zero-order valence-corrected chi connectivity index (χ0v) is 16.8. The lowest BCUT2D eigenvalue weighted by atomic mass is 10.2. The maximum Gasteiger partial charge on any atom is 0.246 e. The summed E-state index contributed by atoms with van der Waals surface area (Å²) in [5.74, 6) is 0.770. The van der Waals surface area contributed by atoms with Crippen LogP contribution in [0.15, 0.2) is 88.2 Å². The SMILES string of the molecule is CN(Cc1ccccc1)C(=O)/C=C/c1ccc(CNS(=O)(=O)c2ccccc2)o1. The van der Waals surface area contributed by atoms with Crippen molar-refractivity contribution < 1.29 is 17.6 Å². The summed E-state index contributed by atoms with van der Waals surface area (Å²) in [7, 11) is -1.88. The highest BCUT2D eigenvalue weighted by Crippen LogP contribution is 2.13. The van der Waals surface area contributed by atoms with Gasteiger partial charge in [-0.15, -0.1) is 0 Å². The summed E-state index contributed by atoms with van der Waals surface area (Å²) in [6.45, 7) is 0.529. The predicted octanol–water partition coefficient (Wildman–Crippen LogP) is 3.43. The molecule has 0 radical (unpaired) electrons. The fraction of sp³-hybridized carbons (Fsp3) is 0.136. The van der Waals surface area contributed by atoms with Crippen molar-refractivity contribution in [3.63, 3.8) is 0 Å². The van der Waals surface area contributed by atoms with Crippen LogP contribution in [0.25, 0.3) is 6.08 Å². The Morgan fingerprint density at radius 2 is 1.66 bits per heavy atom. The number of amides is 1. The normalized spacial score (nSPS) is 11.6. The first-order valence-electron chi connectivity index (χ1n) is 9.04. The lowest BCUT2D eigenvalue weighted by molar-refractivity contribution is -0.125. The van der Waals surface area contributed by atoms with Crippen molar-refractivity contribution in [3.8, 4) is 0 Å². The van der Waals surface area contributed by atoms with E-state index in [4.69, 9.17) is 4.42 Å². The van der Waals surface area contributed by atoms with E-state index in [1.54, 1.807) is 48.4 Å². The lowest BCUT2D eigenvalue weighted by Crippen LogP contribution is -2.24. The Morgan fingerprint density at radius 3 is 2.34 bits per heavy atom. The summed E-state index contributed by atoms with van der Waals surface area (Å²) < 4.78 is 32.5. The van der Waals surface area contributed by atoms with Crippen molar-refractivity contribution in [2.24, 2.45) is 0 Å². The molecule has 3 aromatic rings. The van der Waals surface area contributed by atoms with Gasteiger partial charge < -0.3 is 9.32 Å². The van der Waals surface area contributed by atoms with Crippen molar-refractivity contribution in [1.82, 2.24) is 9.62 Å². The maximum absolute atomic E-state index is 12.2. The van der Waals surface area contributed by atoms with Crippen molar-refractivity contribution in [2.75, 3.05) is 7.05 Å². The van der Waals surface area contributed by atoms with Crippen LogP contribution in [-0.2, 0) is 27.9 Å². The first kappa shape index (κ1) is 20.6. The number of furan rings is 1. The third-order valence-electron chi connectivity index (χ3n) is 4.20. The quantitative estimate of drug-likeness (QED) is 0.577. The number of sulfonamides is 1. The summed E-state index contributed by atoms with van der Waals surface area (Å²) in [6.07, 6.45) is 3.00. The number of likely N-dealkylation sites (N-methyl/N-ethyl adjacent to an activating group) is 1. The predicted molar refractivity (Wildman–Crippen MR) is 111 cm³/mol. The Bertz CT molecular complexity index is 1070. The van der Waals surface area contributed by atoms with E-state index in [0.717, 1.165) is 5.56 Å². The Kier molecular flexibility index (Phi) is 6.64. The molecule has 0 bridgehead atoms. The number of rotatable bonds is 8. The fourth-order valence-electron chi connectivity index (χ4n) is 2.64. The first-order valence-corrected chi connectivity index (χ1v) is 10.5. The Labute approximate surface area is 170 Å². The molecular weight excluding hydrogens is 388 g/mol. The standard InChI is InChI=1S/C22H22N2O4S/c1-24(17-18-8-4-2-5-9-18)22(25)15-14-19-12-13-20(28-19)16-23-29(26,27)21-10-6-3-7-11-21/h2-15,23H,16-17H2,1H3/b15-14+. The number of hydrogen-bond acceptors (Lipinski definition) is 4. The smallest absolute Gasteiger partial charge is 0.246 e. The van der Waals surface area contributed by atoms with Gasteiger partial charge in [-0.05, 0) is 35.9 Å². The van der Waals surface area contributed by atoms with E-state index in [-0.39, 0.29) is 17.3 Å². The van der Waals surface area contributed by atoms with E-state index in [1.807, 2.05) is 30.3 Å². The van der Waals surface area contributed by atoms with E-state index in [1.165, 1.54) is 18.2 Å². The van der Waals surface area contributed by atoms with Gasteiger partial charge in [-0.2, -0.15) is 0 Å². The number of carbonyl (C=O) groups excluding carboxylic acids is 1. The van der Waals surface area contributed by atoms with E-state index < -0.39 is 10.0 Å². The fourth-order valence-corrected chi connectivity index (χ4v) is 3.66. The third-order valence-corrected chi connectivity index (χ3v) is 5.62. The van der Waals surface area contributed by atoms with Crippen molar-refractivity contribution in [2.45, 2.75) is 18.0 Å². The molecule has 1 heterocycles. The molecule has 0 spiro atoms. The molecule has 2 aromatic carbocycles. The zero-order chi connectivity index (χ0) is 20.7. The van der Waals surface area contributed by atoms with Crippen LogP contribution < -0.4 is 4.72 Å². The average Bonchev–Trinajstić information content (AvgIpc) is 3.20. The molecule has 1 N–H and O–H groups in total. The molecule has 0 saturated carbocycles. The molecule has 1 aromatic heterocycles. The van der Waals surface area contributed by atoms with Crippen molar-refractivity contribution in [1.29, 1.82) is 0 Å². The summed E-state index contributed by atoms with van der Waals surface area (Å²) in [4.78, 5) is 14.0. The average molecular weight is 410 g/mol. The van der Waals surface area contributed by atoms with Crippen LogP contribution in [0, 0.1) is 0 Å². The molecule has 29 heavy (non-hydrogen) atoms. The number of hydrogen-bond donors (Lipinski definition) is 1. The Hall–Kier alpha value is -3.16. The van der Waals surface area contributed by atoms with Gasteiger partial charge in [0, 0.05) is 19.7 Å². The zero-order valence-electron chi connectivity index (χ0n) is 16.0. The van der Waals surface area contributed by atoms with Gasteiger partial charge in [-0.3, -0.25) is 4.79 Å². The molecule has 0 aliphatic carbocycles. The third kappa shape index (κ3) is 5.91. The molecule has 0 aliphatic rings. The Morgan fingerprint density at radius 1 is 1.00 bits per heavy atom. The van der Waals surface area contributed by atoms with Crippen LogP contribution in [0.5, 0.6) is 0 Å². The number of carbonyl (C=O) groups is 1. The molecule has 3 rings (SSSR count). The minimum absolute atomic E-state index is 0.0208. The van der Waals surface area contributed by atoms with Gasteiger partial charge >= 0.3 is 0 Å². The number of nitrogens with zero attached hydrogens (tertiary/aromatic N) is 1. The summed E-state index contributed by atoms with van der Waals surface area (Å²) in [5.41, 5.74) is 1.04. The van der Waals surface area contributed by atoms with Gasteiger partial charge in [0.1, 0.15) is 11.5 Å². The van der Waals surface area contributed by atoms with Crippen molar-refractivity contribution in [3.05, 3.63) is 96.0 Å². The highest BCUT2D eigenvalue weighted by atomic mass is 32.2. The monoisotopic (exact) mass is 410 g/mol. The largest absolute Gasteiger partial charge is 0.460 e. The second-order valence-electron chi connectivity index (χ2n) is 6.45. The second-order valence-corrected chi connectivity index (χ2v) is 8.22. The second kappa shape index (κ2) is 9.36. The lowest BCUT2D eigenvalue weighted by Gasteiger charge is -2.14. The van der Waals surface area contributed by atoms with Crippen LogP contribution in [0.4, 0.5) is 0 Å². The molecule has 150 valence electrons. The molecule has 0 fully saturated rings. The number of nitrogens with one attached hydrogen (secondary N) is 1. The van der Waals surface area contributed by atoms with Gasteiger partial charge in [-0.25, -0.2) is 13.1 Å². The molecule has 6 nitrogen and oxygen atoms in total. The number of benzene rings is 2. The minimum atomic E-state index is -3.60. The van der Waals surface area contributed by atoms with Gasteiger partial charge in [0.05, 0.1) is 11.4 Å². The van der Waals surface area contributed by atoms with Gasteiger partial charge in [0.15, 0.2) is 0 Å². The molecule has 0 aliphatic heterocycles. The van der Waals surface area contributed by atoms with E-state index in [9.17, 15) is 13.2 Å². The molecule has 7 heteroatoms. The topological polar surface area (TPSA) is 79.6 Å². The van der Waals surface area contributed by atoms with E-state index >= 15 is 0 Å². The van der Waals surface area contributed by atoms with E-state index in [0.29, 0.717) is 18.1 Å². The highest BCUT2D eigenvalue weighted by Gasteiger charge is 2.14. The molecular formula is C22H22N2O4S. The molecule has 0 saturated heterocycles. The van der Waals surface area contributed by atoms with E-state index in [2.05, 4.69) is 4.72 Å². The van der Waals surface area contributed by atoms with Gasteiger partial charge in [0.2, 0.25) is 15.9 Å². The first-order chi connectivity index (χ1) is 13.9. The molecule has 0 unspecified atom stereocenters. The van der Waals surface area contributed by atoms with Gasteiger partial charge in [0.25, 0.3) is 0 Å².